The van der Waals surface area contributed by atoms with Gasteiger partial charge in [-0.3, -0.25) is 0 Å². The van der Waals surface area contributed by atoms with Gasteiger partial charge in [-0.15, -0.1) is 0 Å². The van der Waals surface area contributed by atoms with Crippen LogP contribution >= 0.6 is 27.5 Å². The van der Waals surface area contributed by atoms with Crippen molar-refractivity contribution in [2.45, 2.75) is 19.9 Å². The van der Waals surface area contributed by atoms with Crippen LogP contribution in [-0.2, 0) is 6.54 Å². The first kappa shape index (κ1) is 14.4. The molecule has 0 aliphatic rings. The van der Waals surface area contributed by atoms with Gasteiger partial charge in [0.05, 0.1) is 21.7 Å². The summed E-state index contributed by atoms with van der Waals surface area (Å²) in [7, 11) is 0. The molecule has 0 saturated carbocycles. The molecule has 0 atom stereocenters. The predicted molar refractivity (Wildman–Crippen MR) is 92.6 cm³/mol. The average Bonchev–Trinajstić information content (AvgIpc) is 2.80. The molecule has 3 nitrogen and oxygen atoms in total. The number of imidazole rings is 1. The molecule has 0 fully saturated rings. The average molecular weight is 365 g/mol. The van der Waals surface area contributed by atoms with E-state index in [4.69, 9.17) is 22.3 Å². The van der Waals surface area contributed by atoms with Crippen LogP contribution < -0.4 is 5.73 Å². The molecule has 0 bridgehead atoms. The molecular formula is C16H15BrClN3. The molecule has 0 radical (unpaired) electrons. The third-order valence-corrected chi connectivity index (χ3v) is 4.24. The van der Waals surface area contributed by atoms with Crippen LogP contribution in [0.15, 0.2) is 40.9 Å². The first-order valence-electron chi connectivity index (χ1n) is 6.81. The first-order chi connectivity index (χ1) is 10.1. The minimum absolute atomic E-state index is 0.559. The number of aromatic nitrogens is 2. The number of nitrogens with two attached hydrogens (primary N) is 1. The fourth-order valence-electron chi connectivity index (χ4n) is 2.44. The molecule has 0 saturated heterocycles. The van der Waals surface area contributed by atoms with E-state index in [2.05, 4.69) is 33.5 Å². The van der Waals surface area contributed by atoms with Crippen LogP contribution in [0.5, 0.6) is 0 Å². The molecule has 0 unspecified atom stereocenters. The fourth-order valence-corrected chi connectivity index (χ4v) is 2.97. The Morgan fingerprint density at radius 3 is 2.76 bits per heavy atom. The second-order valence-electron chi connectivity index (χ2n) is 4.96. The van der Waals surface area contributed by atoms with Crippen molar-refractivity contribution in [1.82, 2.24) is 9.55 Å². The van der Waals surface area contributed by atoms with Crippen LogP contribution in [0.2, 0.25) is 5.02 Å². The normalized spacial score (nSPS) is 11.2. The molecule has 0 aliphatic carbocycles. The number of aryl methyl sites for hydroxylation is 1. The molecule has 5 heteroatoms. The molecule has 3 rings (SSSR count). The van der Waals surface area contributed by atoms with Gasteiger partial charge in [-0.1, -0.05) is 34.5 Å². The van der Waals surface area contributed by atoms with Crippen LogP contribution in [0.3, 0.4) is 0 Å². The number of rotatable bonds is 3. The molecule has 3 aromatic rings. The summed E-state index contributed by atoms with van der Waals surface area (Å²) in [6.07, 6.45) is 1.04. The Kier molecular flexibility index (Phi) is 3.91. The van der Waals surface area contributed by atoms with E-state index in [-0.39, 0.29) is 0 Å². The van der Waals surface area contributed by atoms with Crippen molar-refractivity contribution in [3.05, 3.63) is 45.9 Å². The Labute approximate surface area is 136 Å². The van der Waals surface area contributed by atoms with Crippen molar-refractivity contribution in [2.75, 3.05) is 5.73 Å². The summed E-state index contributed by atoms with van der Waals surface area (Å²) in [5, 5.41) is 0.559. The van der Waals surface area contributed by atoms with Gasteiger partial charge in [0.15, 0.2) is 0 Å². The minimum atomic E-state index is 0.559. The Bertz CT molecular complexity index is 811. The number of nitrogens with zero attached hydrogens (tertiary/aromatic N) is 2. The van der Waals surface area contributed by atoms with Crippen molar-refractivity contribution in [3.63, 3.8) is 0 Å². The van der Waals surface area contributed by atoms with E-state index in [1.54, 1.807) is 0 Å². The largest absolute Gasteiger partial charge is 0.398 e. The second-order valence-corrected chi connectivity index (χ2v) is 6.28. The van der Waals surface area contributed by atoms with Crippen LogP contribution in [0.4, 0.5) is 5.69 Å². The summed E-state index contributed by atoms with van der Waals surface area (Å²) >= 11 is 9.64. The molecule has 108 valence electrons. The molecule has 1 aromatic heterocycles. The highest BCUT2D eigenvalue weighted by Gasteiger charge is 2.13. The zero-order valence-corrected chi connectivity index (χ0v) is 13.9. The van der Waals surface area contributed by atoms with Crippen molar-refractivity contribution < 1.29 is 0 Å². The van der Waals surface area contributed by atoms with E-state index in [9.17, 15) is 0 Å². The SMILES string of the molecule is CCCn1c(-c2ccc(N)c(Cl)c2)nc2cc(Br)ccc21. The maximum atomic E-state index is 6.15. The number of halogens is 2. The standard InChI is InChI=1S/C16H15BrClN3/c1-2-7-21-15-6-4-11(17)9-14(15)20-16(21)10-3-5-13(19)12(18)8-10/h3-6,8-9H,2,7,19H2,1H3. The number of anilines is 1. The predicted octanol–water partition coefficient (Wildman–Crippen LogP) is 5.11. The van der Waals surface area contributed by atoms with E-state index in [1.807, 2.05) is 30.3 Å². The fraction of sp³-hybridized carbons (Fsp3) is 0.188. The van der Waals surface area contributed by atoms with Gasteiger partial charge in [-0.2, -0.15) is 0 Å². The van der Waals surface area contributed by atoms with Gasteiger partial charge in [0.1, 0.15) is 5.82 Å². The molecule has 21 heavy (non-hydrogen) atoms. The van der Waals surface area contributed by atoms with Gasteiger partial charge in [0, 0.05) is 16.6 Å². The van der Waals surface area contributed by atoms with E-state index in [1.165, 1.54) is 0 Å². The van der Waals surface area contributed by atoms with Crippen molar-refractivity contribution in [2.24, 2.45) is 0 Å². The Balaban J connectivity index is 2.24. The lowest BCUT2D eigenvalue weighted by Crippen LogP contribution is -2.00. The molecule has 0 spiro atoms. The van der Waals surface area contributed by atoms with Gasteiger partial charge in [0.25, 0.3) is 0 Å². The lowest BCUT2D eigenvalue weighted by atomic mass is 10.2. The lowest BCUT2D eigenvalue weighted by molar-refractivity contribution is 0.704. The third-order valence-electron chi connectivity index (χ3n) is 3.42. The maximum Gasteiger partial charge on any atom is 0.141 e. The number of fused-ring (bicyclic) bond motifs is 1. The zero-order chi connectivity index (χ0) is 15.0. The summed E-state index contributed by atoms with van der Waals surface area (Å²) in [6.45, 7) is 3.07. The summed E-state index contributed by atoms with van der Waals surface area (Å²) in [6, 6.07) is 11.8. The molecule has 2 N–H and O–H groups in total. The Morgan fingerprint density at radius 1 is 1.24 bits per heavy atom. The molecule has 1 heterocycles. The van der Waals surface area contributed by atoms with Crippen molar-refractivity contribution >= 4 is 44.3 Å². The molecule has 0 aliphatic heterocycles. The van der Waals surface area contributed by atoms with Gasteiger partial charge in [-0.05, 0) is 42.8 Å². The van der Waals surface area contributed by atoms with Crippen molar-refractivity contribution in [1.29, 1.82) is 0 Å². The maximum absolute atomic E-state index is 6.15. The van der Waals surface area contributed by atoms with Gasteiger partial charge in [-0.25, -0.2) is 4.98 Å². The highest BCUT2D eigenvalue weighted by molar-refractivity contribution is 9.10. The number of benzene rings is 2. The highest BCUT2D eigenvalue weighted by atomic mass is 79.9. The molecular weight excluding hydrogens is 350 g/mol. The lowest BCUT2D eigenvalue weighted by Gasteiger charge is -2.08. The van der Waals surface area contributed by atoms with Crippen LogP contribution in [0, 0.1) is 0 Å². The smallest absolute Gasteiger partial charge is 0.141 e. The number of nitrogen functional groups attached to an aromatic ring is 1. The number of hydrogen-bond acceptors (Lipinski definition) is 2. The van der Waals surface area contributed by atoms with Crippen LogP contribution in [-0.4, -0.2) is 9.55 Å². The molecule has 2 aromatic carbocycles. The van der Waals surface area contributed by atoms with E-state index in [0.717, 1.165) is 39.9 Å². The van der Waals surface area contributed by atoms with Gasteiger partial charge in [0.2, 0.25) is 0 Å². The van der Waals surface area contributed by atoms with E-state index in [0.29, 0.717) is 10.7 Å². The quantitative estimate of drug-likeness (QED) is 0.656. The third kappa shape index (κ3) is 2.65. The Hall–Kier alpha value is -1.52. The highest BCUT2D eigenvalue weighted by Crippen LogP contribution is 2.30. The topological polar surface area (TPSA) is 43.8 Å². The van der Waals surface area contributed by atoms with Crippen LogP contribution in [0.25, 0.3) is 22.4 Å². The summed E-state index contributed by atoms with van der Waals surface area (Å²) in [5.41, 5.74) is 9.46. The summed E-state index contributed by atoms with van der Waals surface area (Å²) in [4.78, 5) is 4.77. The van der Waals surface area contributed by atoms with Crippen molar-refractivity contribution in [3.8, 4) is 11.4 Å². The van der Waals surface area contributed by atoms with Gasteiger partial charge < -0.3 is 10.3 Å². The van der Waals surface area contributed by atoms with E-state index < -0.39 is 0 Å². The Morgan fingerprint density at radius 2 is 2.05 bits per heavy atom. The summed E-state index contributed by atoms with van der Waals surface area (Å²) in [5.74, 6) is 0.923. The van der Waals surface area contributed by atoms with E-state index >= 15 is 0 Å². The minimum Gasteiger partial charge on any atom is -0.398 e. The number of hydrogen-bond donors (Lipinski definition) is 1. The summed E-state index contributed by atoms with van der Waals surface area (Å²) < 4.78 is 3.25. The molecule has 0 amide bonds. The van der Waals surface area contributed by atoms with Crippen LogP contribution in [0.1, 0.15) is 13.3 Å². The van der Waals surface area contributed by atoms with Gasteiger partial charge >= 0.3 is 0 Å². The second kappa shape index (κ2) is 5.70. The first-order valence-corrected chi connectivity index (χ1v) is 7.98. The zero-order valence-electron chi connectivity index (χ0n) is 11.6. The monoisotopic (exact) mass is 363 g/mol.